The van der Waals surface area contributed by atoms with E-state index in [1.807, 2.05) is 38.2 Å². The highest BCUT2D eigenvalue weighted by Gasteiger charge is 2.09. The zero-order valence-corrected chi connectivity index (χ0v) is 13.9. The van der Waals surface area contributed by atoms with Crippen LogP contribution in [0.25, 0.3) is 0 Å². The number of halogens is 1. The molecule has 3 nitrogen and oxygen atoms in total. The molecular formula is C17H20BrNO2. The van der Waals surface area contributed by atoms with E-state index >= 15 is 0 Å². The van der Waals surface area contributed by atoms with Crippen molar-refractivity contribution in [3.8, 4) is 5.75 Å². The molecule has 0 amide bonds. The number of hydrogen-bond acceptors (Lipinski definition) is 3. The SMILES string of the molecule is CNCc1cc(Br)cc(C)c1OCc1ccc(CO)cc1. The average Bonchev–Trinajstić information content (AvgIpc) is 2.47. The quantitative estimate of drug-likeness (QED) is 0.837. The van der Waals surface area contributed by atoms with E-state index in [4.69, 9.17) is 9.84 Å². The second kappa shape index (κ2) is 7.59. The van der Waals surface area contributed by atoms with Crippen molar-refractivity contribution in [2.75, 3.05) is 7.05 Å². The van der Waals surface area contributed by atoms with Crippen LogP contribution in [0.5, 0.6) is 5.75 Å². The summed E-state index contributed by atoms with van der Waals surface area (Å²) in [6, 6.07) is 11.9. The molecule has 0 unspecified atom stereocenters. The zero-order valence-electron chi connectivity index (χ0n) is 12.3. The first-order valence-corrected chi connectivity index (χ1v) is 7.68. The van der Waals surface area contributed by atoms with Crippen LogP contribution >= 0.6 is 15.9 Å². The first-order valence-electron chi connectivity index (χ1n) is 6.89. The van der Waals surface area contributed by atoms with Gasteiger partial charge in [-0.1, -0.05) is 40.2 Å². The molecule has 0 saturated heterocycles. The summed E-state index contributed by atoms with van der Waals surface area (Å²) in [5.41, 5.74) is 4.25. The standard InChI is InChI=1S/C17H20BrNO2/c1-12-7-16(18)8-15(9-19-2)17(12)21-11-14-5-3-13(10-20)4-6-14/h3-8,19-20H,9-11H2,1-2H3. The van der Waals surface area contributed by atoms with E-state index in [0.717, 1.165) is 39.0 Å². The Balaban J connectivity index is 2.14. The molecule has 0 radical (unpaired) electrons. The minimum atomic E-state index is 0.0687. The van der Waals surface area contributed by atoms with Crippen molar-refractivity contribution in [2.24, 2.45) is 0 Å². The molecule has 2 aromatic carbocycles. The fraction of sp³-hybridized carbons (Fsp3) is 0.294. The molecule has 4 heteroatoms. The first-order chi connectivity index (χ1) is 10.1. The Kier molecular flexibility index (Phi) is 5.79. The van der Waals surface area contributed by atoms with Crippen molar-refractivity contribution in [3.05, 3.63) is 63.1 Å². The van der Waals surface area contributed by atoms with Gasteiger partial charge < -0.3 is 15.2 Å². The van der Waals surface area contributed by atoms with Gasteiger partial charge in [0.2, 0.25) is 0 Å². The fourth-order valence-electron chi connectivity index (χ4n) is 2.22. The van der Waals surface area contributed by atoms with Crippen LogP contribution in [0.15, 0.2) is 40.9 Å². The second-order valence-corrected chi connectivity index (χ2v) is 5.92. The van der Waals surface area contributed by atoms with Gasteiger partial charge in [0, 0.05) is 16.6 Å². The Bertz CT molecular complexity index is 596. The van der Waals surface area contributed by atoms with Gasteiger partial charge >= 0.3 is 0 Å². The Morgan fingerprint density at radius 3 is 2.43 bits per heavy atom. The van der Waals surface area contributed by atoms with Crippen molar-refractivity contribution < 1.29 is 9.84 Å². The molecule has 21 heavy (non-hydrogen) atoms. The lowest BCUT2D eigenvalue weighted by Crippen LogP contribution is -2.08. The molecule has 0 heterocycles. The van der Waals surface area contributed by atoms with Gasteiger partial charge in [0.15, 0.2) is 0 Å². The molecule has 0 spiro atoms. The fourth-order valence-corrected chi connectivity index (χ4v) is 2.84. The Hall–Kier alpha value is -1.36. The summed E-state index contributed by atoms with van der Waals surface area (Å²) >= 11 is 3.52. The highest BCUT2D eigenvalue weighted by molar-refractivity contribution is 9.10. The summed E-state index contributed by atoms with van der Waals surface area (Å²) in [7, 11) is 1.92. The van der Waals surface area contributed by atoms with Crippen molar-refractivity contribution in [2.45, 2.75) is 26.7 Å². The summed E-state index contributed by atoms with van der Waals surface area (Å²) in [4.78, 5) is 0. The molecule has 2 aromatic rings. The van der Waals surface area contributed by atoms with Crippen LogP contribution in [0, 0.1) is 6.92 Å². The van der Waals surface area contributed by atoms with Gasteiger partial charge in [-0.15, -0.1) is 0 Å². The van der Waals surface area contributed by atoms with Crippen LogP contribution in [0.2, 0.25) is 0 Å². The van der Waals surface area contributed by atoms with Crippen molar-refractivity contribution >= 4 is 15.9 Å². The summed E-state index contributed by atoms with van der Waals surface area (Å²) in [6.45, 7) is 3.40. The van der Waals surface area contributed by atoms with Crippen LogP contribution in [0.1, 0.15) is 22.3 Å². The molecule has 0 saturated carbocycles. The molecule has 112 valence electrons. The normalized spacial score (nSPS) is 10.7. The number of nitrogens with one attached hydrogen (secondary N) is 1. The zero-order chi connectivity index (χ0) is 15.2. The third-order valence-corrected chi connectivity index (χ3v) is 3.73. The lowest BCUT2D eigenvalue weighted by molar-refractivity contribution is 0.281. The summed E-state index contributed by atoms with van der Waals surface area (Å²) in [5.74, 6) is 0.929. The maximum absolute atomic E-state index is 9.05. The Morgan fingerprint density at radius 2 is 1.81 bits per heavy atom. The molecule has 0 aliphatic carbocycles. The molecular weight excluding hydrogens is 330 g/mol. The predicted octanol–water partition coefficient (Wildman–Crippen LogP) is 3.55. The molecule has 0 atom stereocenters. The number of ether oxygens (including phenoxy) is 1. The van der Waals surface area contributed by atoms with Gasteiger partial charge in [0.05, 0.1) is 6.61 Å². The van der Waals surface area contributed by atoms with Crippen LogP contribution in [0.3, 0.4) is 0 Å². The van der Waals surface area contributed by atoms with E-state index < -0.39 is 0 Å². The maximum atomic E-state index is 9.05. The minimum absolute atomic E-state index is 0.0687. The molecule has 0 fully saturated rings. The lowest BCUT2D eigenvalue weighted by Gasteiger charge is -2.15. The average molecular weight is 350 g/mol. The molecule has 0 aliphatic rings. The lowest BCUT2D eigenvalue weighted by atomic mass is 10.1. The van der Waals surface area contributed by atoms with E-state index in [0.29, 0.717) is 6.61 Å². The van der Waals surface area contributed by atoms with Gasteiger partial charge in [-0.3, -0.25) is 0 Å². The highest BCUT2D eigenvalue weighted by Crippen LogP contribution is 2.28. The highest BCUT2D eigenvalue weighted by atomic mass is 79.9. The minimum Gasteiger partial charge on any atom is -0.488 e. The van der Waals surface area contributed by atoms with E-state index in [9.17, 15) is 0 Å². The molecule has 0 aromatic heterocycles. The maximum Gasteiger partial charge on any atom is 0.127 e. The van der Waals surface area contributed by atoms with Gasteiger partial charge in [-0.25, -0.2) is 0 Å². The summed E-state index contributed by atoms with van der Waals surface area (Å²) in [5, 5.41) is 12.2. The number of aliphatic hydroxyl groups is 1. The number of hydrogen-bond donors (Lipinski definition) is 2. The summed E-state index contributed by atoms with van der Waals surface area (Å²) < 4.78 is 7.07. The number of aliphatic hydroxyl groups excluding tert-OH is 1. The van der Waals surface area contributed by atoms with E-state index in [1.54, 1.807) is 0 Å². The number of aryl methyl sites for hydroxylation is 1. The van der Waals surface area contributed by atoms with Crippen molar-refractivity contribution in [3.63, 3.8) is 0 Å². The van der Waals surface area contributed by atoms with E-state index in [1.165, 1.54) is 0 Å². The van der Waals surface area contributed by atoms with E-state index in [-0.39, 0.29) is 6.61 Å². The van der Waals surface area contributed by atoms with Gasteiger partial charge in [-0.05, 0) is 42.8 Å². The van der Waals surface area contributed by atoms with E-state index in [2.05, 4.69) is 33.4 Å². The monoisotopic (exact) mass is 349 g/mol. The summed E-state index contributed by atoms with van der Waals surface area (Å²) in [6.07, 6.45) is 0. The van der Waals surface area contributed by atoms with Crippen molar-refractivity contribution in [1.82, 2.24) is 5.32 Å². The van der Waals surface area contributed by atoms with Crippen LogP contribution in [-0.2, 0) is 19.8 Å². The number of rotatable bonds is 6. The number of benzene rings is 2. The Morgan fingerprint density at radius 1 is 1.14 bits per heavy atom. The third-order valence-electron chi connectivity index (χ3n) is 3.27. The second-order valence-electron chi connectivity index (χ2n) is 5.00. The molecule has 0 bridgehead atoms. The van der Waals surface area contributed by atoms with Gasteiger partial charge in [0.1, 0.15) is 12.4 Å². The van der Waals surface area contributed by atoms with Gasteiger partial charge in [0.25, 0.3) is 0 Å². The van der Waals surface area contributed by atoms with Crippen LogP contribution in [-0.4, -0.2) is 12.2 Å². The first kappa shape index (κ1) is 16.0. The molecule has 2 rings (SSSR count). The predicted molar refractivity (Wildman–Crippen MR) is 88.3 cm³/mol. The topological polar surface area (TPSA) is 41.5 Å². The van der Waals surface area contributed by atoms with Gasteiger partial charge in [-0.2, -0.15) is 0 Å². The largest absolute Gasteiger partial charge is 0.488 e. The molecule has 0 aliphatic heterocycles. The smallest absolute Gasteiger partial charge is 0.127 e. The Labute approximate surface area is 134 Å². The van der Waals surface area contributed by atoms with Crippen LogP contribution in [0.4, 0.5) is 0 Å². The molecule has 2 N–H and O–H groups in total. The third kappa shape index (κ3) is 4.30. The van der Waals surface area contributed by atoms with Crippen LogP contribution < -0.4 is 10.1 Å². The van der Waals surface area contributed by atoms with Crippen molar-refractivity contribution in [1.29, 1.82) is 0 Å².